The highest BCUT2D eigenvalue weighted by Crippen LogP contribution is 2.20. The van der Waals surface area contributed by atoms with Gasteiger partial charge in [0.2, 0.25) is 11.8 Å². The number of fused-ring (bicyclic) bond motifs is 1. The first-order chi connectivity index (χ1) is 16.6. The maximum atomic E-state index is 13.0. The largest absolute Gasteiger partial charge is 0.481 e. The smallest absolute Gasteiger partial charge is 0.410 e. The van der Waals surface area contributed by atoms with Crippen molar-refractivity contribution in [1.29, 1.82) is 0 Å². The van der Waals surface area contributed by atoms with Gasteiger partial charge >= 0.3 is 6.09 Å². The highest BCUT2D eigenvalue weighted by Gasteiger charge is 2.22. The van der Waals surface area contributed by atoms with Crippen molar-refractivity contribution in [2.75, 3.05) is 20.2 Å². The van der Waals surface area contributed by atoms with Crippen LogP contribution in [0, 0.1) is 0 Å². The van der Waals surface area contributed by atoms with Crippen LogP contribution in [0.2, 0.25) is 0 Å². The second kappa shape index (κ2) is 11.2. The van der Waals surface area contributed by atoms with Crippen LogP contribution in [0.5, 0.6) is 0 Å². The number of hydroxylamine groups is 1. The van der Waals surface area contributed by atoms with Crippen LogP contribution in [-0.4, -0.2) is 43.2 Å². The second-order valence-electron chi connectivity index (χ2n) is 7.83. The summed E-state index contributed by atoms with van der Waals surface area (Å²) in [5, 5.41) is 4.88. The normalized spacial score (nSPS) is 14.7. The molecule has 1 aliphatic rings. The third-order valence-corrected chi connectivity index (χ3v) is 5.41. The molecule has 0 aliphatic carbocycles. The van der Waals surface area contributed by atoms with Crippen molar-refractivity contribution < 1.29 is 23.9 Å². The summed E-state index contributed by atoms with van der Waals surface area (Å²) in [6.45, 7) is 0.439. The predicted molar refractivity (Wildman–Crippen MR) is 127 cm³/mol. The van der Waals surface area contributed by atoms with Crippen molar-refractivity contribution >= 4 is 22.8 Å². The van der Waals surface area contributed by atoms with E-state index >= 15 is 0 Å². The molecule has 0 fully saturated rings. The molecule has 3 aromatic rings. The van der Waals surface area contributed by atoms with Crippen LogP contribution in [0.4, 0.5) is 4.79 Å². The lowest BCUT2D eigenvalue weighted by Gasteiger charge is -2.23. The van der Waals surface area contributed by atoms with E-state index in [9.17, 15) is 9.59 Å². The van der Waals surface area contributed by atoms with Crippen molar-refractivity contribution in [3.8, 4) is 0 Å². The topological polar surface area (TPSA) is 89.1 Å². The quantitative estimate of drug-likeness (QED) is 0.507. The van der Waals surface area contributed by atoms with Gasteiger partial charge in [0.1, 0.15) is 19.3 Å². The number of amides is 2. The van der Waals surface area contributed by atoms with Crippen LogP contribution in [-0.2, 0) is 32.3 Å². The first-order valence-corrected chi connectivity index (χ1v) is 11.0. The zero-order valence-corrected chi connectivity index (χ0v) is 18.9. The number of nitrogens with one attached hydrogen (secondary N) is 2. The lowest BCUT2D eigenvalue weighted by atomic mass is 10.0. The number of carbonyl (C=O) groups is 2. The zero-order valence-electron chi connectivity index (χ0n) is 18.9. The minimum Gasteiger partial charge on any atom is -0.481 e. The molecule has 1 heterocycles. The molecule has 2 amide bonds. The SMILES string of the molecule is COC1=CC(CNC(=O)CN(Cc2cccc3ccccc23)C(=O)OCc2ccccc2)ON1. The summed E-state index contributed by atoms with van der Waals surface area (Å²) in [4.78, 5) is 32.4. The van der Waals surface area contributed by atoms with Gasteiger partial charge < -0.3 is 14.8 Å². The fourth-order valence-electron chi connectivity index (χ4n) is 3.66. The molecule has 0 saturated carbocycles. The number of benzene rings is 3. The monoisotopic (exact) mass is 461 g/mol. The summed E-state index contributed by atoms with van der Waals surface area (Å²) in [7, 11) is 1.52. The molecule has 8 heteroatoms. The van der Waals surface area contributed by atoms with Crippen LogP contribution in [0.15, 0.2) is 84.8 Å². The van der Waals surface area contributed by atoms with E-state index in [-0.39, 0.29) is 38.3 Å². The molecule has 1 unspecified atom stereocenters. The second-order valence-corrected chi connectivity index (χ2v) is 7.83. The molecule has 34 heavy (non-hydrogen) atoms. The molecule has 0 saturated heterocycles. The van der Waals surface area contributed by atoms with Gasteiger partial charge in [0.15, 0.2) is 0 Å². The van der Waals surface area contributed by atoms with E-state index in [0.717, 1.165) is 21.9 Å². The first-order valence-electron chi connectivity index (χ1n) is 11.0. The van der Waals surface area contributed by atoms with Gasteiger partial charge in [0.25, 0.3) is 0 Å². The molecule has 1 aliphatic heterocycles. The Morgan fingerprint density at radius 2 is 1.79 bits per heavy atom. The maximum Gasteiger partial charge on any atom is 0.410 e. The Balaban J connectivity index is 1.44. The Hall–Kier alpha value is -4.04. The van der Waals surface area contributed by atoms with E-state index in [1.807, 2.05) is 72.8 Å². The number of rotatable bonds is 9. The molecule has 2 N–H and O–H groups in total. The Labute approximate surface area is 198 Å². The molecule has 0 bridgehead atoms. The lowest BCUT2D eigenvalue weighted by molar-refractivity contribution is -0.122. The van der Waals surface area contributed by atoms with E-state index in [1.165, 1.54) is 12.0 Å². The van der Waals surface area contributed by atoms with Crippen molar-refractivity contribution in [2.45, 2.75) is 19.3 Å². The molecule has 8 nitrogen and oxygen atoms in total. The summed E-state index contributed by atoms with van der Waals surface area (Å²) < 4.78 is 10.6. The van der Waals surface area contributed by atoms with Crippen molar-refractivity contribution in [2.24, 2.45) is 0 Å². The summed E-state index contributed by atoms with van der Waals surface area (Å²) in [6.07, 6.45) is 0.796. The molecule has 0 aromatic heterocycles. The molecule has 3 aromatic carbocycles. The Kier molecular flexibility index (Phi) is 7.62. The number of hydrogen-bond acceptors (Lipinski definition) is 6. The molecular weight excluding hydrogens is 434 g/mol. The number of ether oxygens (including phenoxy) is 2. The molecule has 176 valence electrons. The number of nitrogens with zero attached hydrogens (tertiary/aromatic N) is 1. The van der Waals surface area contributed by atoms with E-state index in [0.29, 0.717) is 5.88 Å². The van der Waals surface area contributed by atoms with Crippen molar-refractivity contribution in [1.82, 2.24) is 15.7 Å². The average Bonchev–Trinajstić information content (AvgIpc) is 3.35. The van der Waals surface area contributed by atoms with Gasteiger partial charge in [-0.2, -0.15) is 0 Å². The van der Waals surface area contributed by atoms with Crippen molar-refractivity contribution in [3.63, 3.8) is 0 Å². The van der Waals surface area contributed by atoms with Gasteiger partial charge in [0.05, 0.1) is 20.2 Å². The number of methoxy groups -OCH3 is 1. The van der Waals surface area contributed by atoms with Gasteiger partial charge in [0, 0.05) is 6.08 Å². The Morgan fingerprint density at radius 3 is 2.59 bits per heavy atom. The fourth-order valence-corrected chi connectivity index (χ4v) is 3.66. The molecule has 0 radical (unpaired) electrons. The van der Waals surface area contributed by atoms with Gasteiger partial charge in [-0.05, 0) is 21.9 Å². The maximum absolute atomic E-state index is 13.0. The fraction of sp³-hybridized carbons (Fsp3) is 0.231. The van der Waals surface area contributed by atoms with Crippen molar-refractivity contribution in [3.05, 3.63) is 95.9 Å². The molecule has 0 spiro atoms. The van der Waals surface area contributed by atoms with Crippen LogP contribution in [0.25, 0.3) is 10.8 Å². The third-order valence-electron chi connectivity index (χ3n) is 5.41. The third kappa shape index (κ3) is 6.05. The van der Waals surface area contributed by atoms with Crippen LogP contribution < -0.4 is 10.8 Å². The van der Waals surface area contributed by atoms with Crippen LogP contribution >= 0.6 is 0 Å². The Morgan fingerprint density at radius 1 is 1.03 bits per heavy atom. The van der Waals surface area contributed by atoms with E-state index in [4.69, 9.17) is 14.3 Å². The average molecular weight is 462 g/mol. The minimum absolute atomic E-state index is 0.125. The standard InChI is InChI=1S/C26H27N3O5/c1-32-25-14-22(34-28-25)15-27-24(30)17-29(26(31)33-18-19-8-3-2-4-9-19)16-21-12-7-11-20-10-5-6-13-23(20)21/h2-14,22,28H,15-18H2,1H3,(H,27,30). The van der Waals surface area contributed by atoms with Gasteiger partial charge in [-0.3, -0.25) is 14.5 Å². The number of carbonyl (C=O) groups excluding carboxylic acids is 2. The number of hydrogen-bond donors (Lipinski definition) is 2. The van der Waals surface area contributed by atoms with E-state index in [2.05, 4.69) is 10.8 Å². The summed E-state index contributed by atoms with van der Waals surface area (Å²) in [5.41, 5.74) is 4.43. The Bertz CT molecular complexity index is 1160. The molecule has 4 rings (SSSR count). The molecule has 1 atom stereocenters. The first kappa shape index (κ1) is 23.1. The van der Waals surface area contributed by atoms with Crippen LogP contribution in [0.3, 0.4) is 0 Å². The van der Waals surface area contributed by atoms with E-state index in [1.54, 1.807) is 6.08 Å². The van der Waals surface area contributed by atoms with E-state index < -0.39 is 6.09 Å². The van der Waals surface area contributed by atoms with Gasteiger partial charge in [-0.25, -0.2) is 10.3 Å². The highest BCUT2D eigenvalue weighted by molar-refractivity contribution is 5.86. The van der Waals surface area contributed by atoms with Crippen LogP contribution in [0.1, 0.15) is 11.1 Å². The minimum atomic E-state index is -0.563. The summed E-state index contributed by atoms with van der Waals surface area (Å²) in [5.74, 6) is 0.168. The predicted octanol–water partition coefficient (Wildman–Crippen LogP) is 3.49. The highest BCUT2D eigenvalue weighted by atomic mass is 16.7. The zero-order chi connectivity index (χ0) is 23.8. The summed E-state index contributed by atoms with van der Waals surface area (Å²) >= 11 is 0. The van der Waals surface area contributed by atoms with Gasteiger partial charge in [-0.1, -0.05) is 72.8 Å². The van der Waals surface area contributed by atoms with Gasteiger partial charge in [-0.15, -0.1) is 0 Å². The molecular formula is C26H27N3O5. The summed E-state index contributed by atoms with van der Waals surface area (Å²) in [6, 6.07) is 23.3. The lowest BCUT2D eigenvalue weighted by Crippen LogP contribution is -2.42.